The second-order valence-corrected chi connectivity index (χ2v) is 6.72. The van der Waals surface area contributed by atoms with Gasteiger partial charge in [-0.1, -0.05) is 17.7 Å². The van der Waals surface area contributed by atoms with Gasteiger partial charge in [0.25, 0.3) is 0 Å². The summed E-state index contributed by atoms with van der Waals surface area (Å²) in [6, 6.07) is 12.6. The Kier molecular flexibility index (Phi) is 7.07. The minimum absolute atomic E-state index is 0.0346. The van der Waals surface area contributed by atoms with Crippen molar-refractivity contribution in [3.63, 3.8) is 0 Å². The van der Waals surface area contributed by atoms with Crippen molar-refractivity contribution in [1.82, 2.24) is 0 Å². The van der Waals surface area contributed by atoms with E-state index in [0.29, 0.717) is 13.0 Å². The van der Waals surface area contributed by atoms with Crippen molar-refractivity contribution in [2.24, 2.45) is 0 Å². The molecule has 0 heterocycles. The van der Waals surface area contributed by atoms with Crippen molar-refractivity contribution in [2.75, 3.05) is 35.2 Å². The highest BCUT2D eigenvalue weighted by molar-refractivity contribution is 5.92. The van der Waals surface area contributed by atoms with E-state index < -0.39 is 0 Å². The van der Waals surface area contributed by atoms with Crippen LogP contribution in [0.3, 0.4) is 0 Å². The first-order valence-electron chi connectivity index (χ1n) is 9.41. The molecule has 0 radical (unpaired) electrons. The van der Waals surface area contributed by atoms with E-state index in [1.807, 2.05) is 13.8 Å². The number of anilines is 3. The van der Waals surface area contributed by atoms with Gasteiger partial charge in [0, 0.05) is 43.1 Å². The maximum absolute atomic E-state index is 12.3. The maximum atomic E-state index is 12.3. The summed E-state index contributed by atoms with van der Waals surface area (Å²) in [5.41, 5.74) is 6.63. The zero-order chi connectivity index (χ0) is 19.1. The monoisotopic (exact) mass is 353 g/mol. The molecular weight excluding hydrogens is 322 g/mol. The Balaban J connectivity index is 1.85. The van der Waals surface area contributed by atoms with Crippen LogP contribution in [0.2, 0.25) is 0 Å². The third kappa shape index (κ3) is 5.25. The van der Waals surface area contributed by atoms with Crippen LogP contribution in [0.1, 0.15) is 37.0 Å². The average Bonchev–Trinajstić information content (AvgIpc) is 2.60. The molecule has 26 heavy (non-hydrogen) atoms. The Morgan fingerprint density at radius 3 is 2.08 bits per heavy atom. The quantitative estimate of drug-likeness (QED) is 0.709. The molecule has 2 N–H and O–H groups in total. The largest absolute Gasteiger partial charge is 0.385 e. The molecule has 0 saturated heterocycles. The number of carbonyl (C=O) groups is 1. The van der Waals surface area contributed by atoms with Gasteiger partial charge in [-0.3, -0.25) is 4.79 Å². The normalized spacial score (nSPS) is 10.5. The van der Waals surface area contributed by atoms with Gasteiger partial charge in [-0.15, -0.1) is 0 Å². The molecule has 2 rings (SSSR count). The summed E-state index contributed by atoms with van der Waals surface area (Å²) in [6.07, 6.45) is 0.435. The third-order valence-corrected chi connectivity index (χ3v) is 4.62. The Morgan fingerprint density at radius 2 is 1.54 bits per heavy atom. The SMILES string of the molecule is CCN(CC)c1ccc(NCCC(=O)Nc2c(C)cc(C)cc2C)cc1. The highest BCUT2D eigenvalue weighted by Crippen LogP contribution is 2.22. The fraction of sp³-hybridized carbons (Fsp3) is 0.409. The van der Waals surface area contributed by atoms with E-state index >= 15 is 0 Å². The van der Waals surface area contributed by atoms with Gasteiger partial charge in [0.05, 0.1) is 0 Å². The molecule has 0 unspecified atom stereocenters. The fourth-order valence-electron chi connectivity index (χ4n) is 3.28. The summed E-state index contributed by atoms with van der Waals surface area (Å²) in [4.78, 5) is 14.6. The molecule has 0 aromatic heterocycles. The van der Waals surface area contributed by atoms with Crippen molar-refractivity contribution in [1.29, 1.82) is 0 Å². The lowest BCUT2D eigenvalue weighted by atomic mass is 10.1. The smallest absolute Gasteiger partial charge is 0.226 e. The van der Waals surface area contributed by atoms with Gasteiger partial charge in [0.15, 0.2) is 0 Å². The Morgan fingerprint density at radius 1 is 0.962 bits per heavy atom. The van der Waals surface area contributed by atoms with Gasteiger partial charge in [0.1, 0.15) is 0 Å². The molecular formula is C22H31N3O. The second-order valence-electron chi connectivity index (χ2n) is 6.72. The number of hydrogen-bond acceptors (Lipinski definition) is 3. The standard InChI is InChI=1S/C22H31N3O/c1-6-25(7-2)20-10-8-19(9-11-20)23-13-12-21(26)24-22-17(4)14-16(3)15-18(22)5/h8-11,14-15,23H,6-7,12-13H2,1-5H3,(H,24,26). The summed E-state index contributed by atoms with van der Waals surface area (Å²) in [7, 11) is 0. The predicted molar refractivity (Wildman–Crippen MR) is 112 cm³/mol. The van der Waals surface area contributed by atoms with Crippen LogP contribution >= 0.6 is 0 Å². The summed E-state index contributed by atoms with van der Waals surface area (Å²) in [6.45, 7) is 13.1. The van der Waals surface area contributed by atoms with E-state index in [4.69, 9.17) is 0 Å². The molecule has 0 aliphatic carbocycles. The highest BCUT2D eigenvalue weighted by Gasteiger charge is 2.08. The van der Waals surface area contributed by atoms with Crippen molar-refractivity contribution < 1.29 is 4.79 Å². The van der Waals surface area contributed by atoms with Crippen LogP contribution in [-0.4, -0.2) is 25.5 Å². The van der Waals surface area contributed by atoms with Gasteiger partial charge in [-0.05, 0) is 70.0 Å². The summed E-state index contributed by atoms with van der Waals surface area (Å²) in [5.74, 6) is 0.0346. The van der Waals surface area contributed by atoms with Gasteiger partial charge < -0.3 is 15.5 Å². The lowest BCUT2D eigenvalue weighted by Gasteiger charge is -2.21. The molecule has 0 aliphatic heterocycles. The highest BCUT2D eigenvalue weighted by atomic mass is 16.1. The molecule has 2 aromatic rings. The predicted octanol–water partition coefficient (Wildman–Crippen LogP) is 4.90. The number of nitrogens with one attached hydrogen (secondary N) is 2. The zero-order valence-corrected chi connectivity index (χ0v) is 16.6. The van der Waals surface area contributed by atoms with E-state index in [-0.39, 0.29) is 5.91 Å². The third-order valence-electron chi connectivity index (χ3n) is 4.62. The molecule has 0 bridgehead atoms. The van der Waals surface area contributed by atoms with Crippen LogP contribution in [-0.2, 0) is 4.79 Å². The first-order chi connectivity index (χ1) is 12.4. The van der Waals surface area contributed by atoms with Crippen LogP contribution in [0.4, 0.5) is 17.1 Å². The minimum Gasteiger partial charge on any atom is -0.385 e. The van der Waals surface area contributed by atoms with Gasteiger partial charge in [-0.25, -0.2) is 0 Å². The van der Waals surface area contributed by atoms with Crippen molar-refractivity contribution in [3.05, 3.63) is 53.1 Å². The number of aryl methyl sites for hydroxylation is 3. The van der Waals surface area contributed by atoms with Crippen LogP contribution in [0.25, 0.3) is 0 Å². The number of hydrogen-bond donors (Lipinski definition) is 2. The summed E-state index contributed by atoms with van der Waals surface area (Å²) >= 11 is 0. The van der Waals surface area contributed by atoms with Crippen LogP contribution in [0.5, 0.6) is 0 Å². The van der Waals surface area contributed by atoms with Crippen molar-refractivity contribution in [2.45, 2.75) is 41.0 Å². The van der Waals surface area contributed by atoms with Gasteiger partial charge >= 0.3 is 0 Å². The topological polar surface area (TPSA) is 44.4 Å². The lowest BCUT2D eigenvalue weighted by molar-refractivity contribution is -0.115. The van der Waals surface area contributed by atoms with Gasteiger partial charge in [0.2, 0.25) is 5.91 Å². The molecule has 4 heteroatoms. The molecule has 4 nitrogen and oxygen atoms in total. The number of benzene rings is 2. The zero-order valence-electron chi connectivity index (χ0n) is 16.6. The van der Waals surface area contributed by atoms with E-state index in [0.717, 1.165) is 35.6 Å². The van der Waals surface area contributed by atoms with E-state index in [1.54, 1.807) is 0 Å². The lowest BCUT2D eigenvalue weighted by Crippen LogP contribution is -2.21. The number of nitrogens with zero attached hydrogens (tertiary/aromatic N) is 1. The Hall–Kier alpha value is -2.49. The van der Waals surface area contributed by atoms with E-state index in [2.05, 4.69) is 72.7 Å². The Labute approximate surface area is 157 Å². The fourth-order valence-corrected chi connectivity index (χ4v) is 3.28. The van der Waals surface area contributed by atoms with Crippen molar-refractivity contribution >= 4 is 23.0 Å². The van der Waals surface area contributed by atoms with E-state index in [9.17, 15) is 4.79 Å². The minimum atomic E-state index is 0.0346. The maximum Gasteiger partial charge on any atom is 0.226 e. The summed E-state index contributed by atoms with van der Waals surface area (Å²) in [5, 5.41) is 6.37. The molecule has 0 fully saturated rings. The number of carbonyl (C=O) groups excluding carboxylic acids is 1. The molecule has 140 valence electrons. The molecule has 0 spiro atoms. The summed E-state index contributed by atoms with van der Waals surface area (Å²) < 4.78 is 0. The average molecular weight is 354 g/mol. The van der Waals surface area contributed by atoms with Crippen molar-refractivity contribution in [3.8, 4) is 0 Å². The van der Waals surface area contributed by atoms with Gasteiger partial charge in [-0.2, -0.15) is 0 Å². The Bertz CT molecular complexity index is 711. The molecule has 2 aromatic carbocycles. The van der Waals surface area contributed by atoms with Crippen LogP contribution < -0.4 is 15.5 Å². The molecule has 0 aliphatic rings. The first-order valence-corrected chi connectivity index (χ1v) is 9.41. The molecule has 0 atom stereocenters. The van der Waals surface area contributed by atoms with Crippen LogP contribution in [0.15, 0.2) is 36.4 Å². The van der Waals surface area contributed by atoms with Crippen LogP contribution in [0, 0.1) is 20.8 Å². The molecule has 1 amide bonds. The molecule has 0 saturated carbocycles. The van der Waals surface area contributed by atoms with E-state index in [1.165, 1.54) is 11.3 Å². The first kappa shape index (κ1) is 19.8. The number of rotatable bonds is 8. The number of amides is 1. The second kappa shape index (κ2) is 9.27.